The van der Waals surface area contributed by atoms with E-state index >= 15 is 0 Å². The molecule has 0 spiro atoms. The SMILES string of the molecule is COc1cc(Br)c2oc(-c3ccc4cc(-c5nc6c(-c7ccc8ncccc8c7)c(C(=O)O)c(-c7cc8cc(OC)cc(Br)c8o7)cc6n5C5CCCCC5)ccc4n3)cc2c1. The van der Waals surface area contributed by atoms with Crippen LogP contribution in [0.5, 0.6) is 11.5 Å². The topological polar surface area (TPSA) is 126 Å². The van der Waals surface area contributed by atoms with E-state index in [1.165, 1.54) is 6.42 Å². The van der Waals surface area contributed by atoms with Gasteiger partial charge in [-0.05, 0) is 135 Å². The maximum Gasteiger partial charge on any atom is 0.337 e. The number of hydrogen-bond donors (Lipinski definition) is 1. The smallest absolute Gasteiger partial charge is 0.337 e. The summed E-state index contributed by atoms with van der Waals surface area (Å²) in [6, 6.07) is 33.5. The van der Waals surface area contributed by atoms with Crippen molar-refractivity contribution in [3.63, 3.8) is 0 Å². The first-order valence-corrected chi connectivity index (χ1v) is 22.0. The molecule has 1 aliphatic rings. The molecule has 0 saturated heterocycles. The summed E-state index contributed by atoms with van der Waals surface area (Å²) in [7, 11) is 3.26. The predicted octanol–water partition coefficient (Wildman–Crippen LogP) is 14.0. The summed E-state index contributed by atoms with van der Waals surface area (Å²) in [5.74, 6) is 2.15. The van der Waals surface area contributed by atoms with Crippen molar-refractivity contribution in [2.24, 2.45) is 0 Å². The molecule has 1 fully saturated rings. The zero-order valence-corrected chi connectivity index (χ0v) is 36.7. The van der Waals surface area contributed by atoms with Crippen LogP contribution in [0.2, 0.25) is 0 Å². The van der Waals surface area contributed by atoms with E-state index in [-0.39, 0.29) is 11.6 Å². The van der Waals surface area contributed by atoms with Gasteiger partial charge in [0.1, 0.15) is 39.9 Å². The fourth-order valence-corrected chi connectivity index (χ4v) is 10.2. The summed E-state index contributed by atoms with van der Waals surface area (Å²) in [6.45, 7) is 0. The number of furan rings is 2. The first kappa shape index (κ1) is 38.4. The molecule has 0 aliphatic heterocycles. The van der Waals surface area contributed by atoms with Gasteiger partial charge < -0.3 is 28.0 Å². The molecule has 0 bridgehead atoms. The minimum Gasteiger partial charge on any atom is -0.497 e. The molecule has 0 atom stereocenters. The average molecular weight is 949 g/mol. The predicted molar refractivity (Wildman–Crippen MR) is 249 cm³/mol. The minimum absolute atomic E-state index is 0.106. The highest BCUT2D eigenvalue weighted by Gasteiger charge is 2.31. The number of carbonyl (C=O) groups is 1. The van der Waals surface area contributed by atoms with Gasteiger partial charge in [-0.3, -0.25) is 4.98 Å². The Morgan fingerprint density at radius 1 is 0.710 bits per heavy atom. The highest BCUT2D eigenvalue weighted by molar-refractivity contribution is 9.11. The lowest BCUT2D eigenvalue weighted by Gasteiger charge is -2.26. The molecule has 1 N–H and O–H groups in total. The Bertz CT molecular complexity index is 3450. The molecule has 5 aromatic heterocycles. The summed E-state index contributed by atoms with van der Waals surface area (Å²) in [5.41, 5.74) is 7.80. The van der Waals surface area contributed by atoms with E-state index < -0.39 is 5.97 Å². The Balaban J connectivity index is 1.14. The average Bonchev–Trinajstić information content (AvgIpc) is 4.04. The van der Waals surface area contributed by atoms with Crippen molar-refractivity contribution in [3.05, 3.63) is 124 Å². The van der Waals surface area contributed by atoms with Gasteiger partial charge in [0, 0.05) is 50.5 Å². The number of imidazole rings is 1. The quantitative estimate of drug-likeness (QED) is 0.158. The van der Waals surface area contributed by atoms with Crippen LogP contribution in [-0.4, -0.2) is 44.8 Å². The highest BCUT2D eigenvalue weighted by Crippen LogP contribution is 2.46. The van der Waals surface area contributed by atoms with Gasteiger partial charge in [0.25, 0.3) is 0 Å². The Hall–Kier alpha value is -6.50. The molecule has 306 valence electrons. The van der Waals surface area contributed by atoms with Crippen molar-refractivity contribution in [2.75, 3.05) is 14.2 Å². The van der Waals surface area contributed by atoms with Gasteiger partial charge >= 0.3 is 5.97 Å². The summed E-state index contributed by atoms with van der Waals surface area (Å²) in [5, 5.41) is 14.8. The molecule has 11 rings (SSSR count). The third-order valence-corrected chi connectivity index (χ3v) is 13.2. The third-order valence-electron chi connectivity index (χ3n) is 12.1. The van der Waals surface area contributed by atoms with Gasteiger partial charge in [-0.1, -0.05) is 37.5 Å². The zero-order chi connectivity index (χ0) is 42.2. The number of hydrogen-bond acceptors (Lipinski definition) is 8. The number of ether oxygens (including phenoxy) is 2. The van der Waals surface area contributed by atoms with Crippen molar-refractivity contribution in [1.82, 2.24) is 19.5 Å². The van der Waals surface area contributed by atoms with Crippen LogP contribution in [0, 0.1) is 0 Å². The maximum absolute atomic E-state index is 13.8. The number of benzene rings is 5. The van der Waals surface area contributed by atoms with Crippen LogP contribution in [0.15, 0.2) is 127 Å². The van der Waals surface area contributed by atoms with Crippen LogP contribution < -0.4 is 9.47 Å². The number of rotatable bonds is 8. The highest BCUT2D eigenvalue weighted by atomic mass is 79.9. The molecule has 0 radical (unpaired) electrons. The number of pyridine rings is 2. The standard InChI is InChI=1S/C50H36Br2N4O6/c1-59-33-19-30-21-42(61-47(30)36(51)23-33)35-25-41-46(44(45(35)50(57)58)28-11-13-38-26(17-28)7-6-16-53-38)55-49(56(41)32-8-4-3-5-9-32)29-12-14-39-27(18-29)10-15-40(54-39)43-22-31-20-34(60-2)24-37(52)48(31)62-43/h6-7,10-25,32H,3-5,8-9H2,1-2H3,(H,57,58). The van der Waals surface area contributed by atoms with Crippen molar-refractivity contribution in [3.8, 4) is 56.8 Å². The fraction of sp³-hybridized carbons (Fsp3) is 0.160. The Morgan fingerprint density at radius 3 is 2.10 bits per heavy atom. The van der Waals surface area contributed by atoms with Crippen molar-refractivity contribution in [1.29, 1.82) is 0 Å². The molecule has 5 heterocycles. The molecule has 0 unspecified atom stereocenters. The third kappa shape index (κ3) is 6.42. The van der Waals surface area contributed by atoms with E-state index in [0.717, 1.165) is 96.5 Å². The number of carboxylic acid groups (broad SMARTS) is 1. The Kier molecular flexibility index (Phi) is 9.38. The molecule has 10 nitrogen and oxygen atoms in total. The Labute approximate surface area is 371 Å². The zero-order valence-electron chi connectivity index (χ0n) is 33.5. The van der Waals surface area contributed by atoms with Gasteiger partial charge in [0.2, 0.25) is 0 Å². The molecule has 0 amide bonds. The second-order valence-electron chi connectivity index (χ2n) is 15.7. The van der Waals surface area contributed by atoms with Crippen molar-refractivity contribution in [2.45, 2.75) is 38.1 Å². The molecule has 10 aromatic rings. The van der Waals surface area contributed by atoms with Gasteiger partial charge in [-0.2, -0.15) is 0 Å². The van der Waals surface area contributed by atoms with E-state index in [2.05, 4.69) is 59.6 Å². The second kappa shape index (κ2) is 15.1. The molecular formula is C50H36Br2N4O6. The first-order valence-electron chi connectivity index (χ1n) is 20.4. The van der Waals surface area contributed by atoms with Crippen LogP contribution in [0.3, 0.4) is 0 Å². The van der Waals surface area contributed by atoms with E-state index in [0.29, 0.717) is 49.7 Å². The van der Waals surface area contributed by atoms with Crippen LogP contribution in [-0.2, 0) is 0 Å². The number of carboxylic acids is 1. The lowest BCUT2D eigenvalue weighted by atomic mass is 9.91. The lowest BCUT2D eigenvalue weighted by molar-refractivity contribution is 0.0698. The monoisotopic (exact) mass is 946 g/mol. The molecular weight excluding hydrogens is 912 g/mol. The fourth-order valence-electron chi connectivity index (χ4n) is 9.14. The van der Waals surface area contributed by atoms with E-state index in [1.54, 1.807) is 20.4 Å². The molecule has 5 aromatic carbocycles. The lowest BCUT2D eigenvalue weighted by Crippen LogP contribution is -2.14. The molecule has 1 saturated carbocycles. The van der Waals surface area contributed by atoms with Crippen molar-refractivity contribution >= 4 is 92.6 Å². The number of aromatic carboxylic acids is 1. The molecule has 1 aliphatic carbocycles. The summed E-state index contributed by atoms with van der Waals surface area (Å²) >= 11 is 7.27. The molecule has 62 heavy (non-hydrogen) atoms. The second-order valence-corrected chi connectivity index (χ2v) is 17.4. The number of aromatic nitrogens is 4. The van der Waals surface area contributed by atoms with Gasteiger partial charge in [0.15, 0.2) is 5.76 Å². The van der Waals surface area contributed by atoms with Gasteiger partial charge in [0.05, 0.1) is 50.8 Å². The summed E-state index contributed by atoms with van der Waals surface area (Å²) in [4.78, 5) is 28.8. The molecule has 12 heteroatoms. The summed E-state index contributed by atoms with van der Waals surface area (Å²) < 4.78 is 27.7. The normalized spacial score (nSPS) is 13.5. The van der Waals surface area contributed by atoms with E-state index in [1.807, 2.05) is 84.9 Å². The largest absolute Gasteiger partial charge is 0.497 e. The van der Waals surface area contributed by atoms with Crippen LogP contribution in [0.4, 0.5) is 0 Å². The minimum atomic E-state index is -1.09. The first-order chi connectivity index (χ1) is 30.2. The van der Waals surface area contributed by atoms with Crippen molar-refractivity contribution < 1.29 is 28.2 Å². The van der Waals surface area contributed by atoms with E-state index in [9.17, 15) is 9.90 Å². The van der Waals surface area contributed by atoms with Crippen LogP contribution >= 0.6 is 31.9 Å². The Morgan fingerprint density at radius 2 is 1.37 bits per heavy atom. The van der Waals surface area contributed by atoms with Crippen LogP contribution in [0.1, 0.15) is 48.5 Å². The van der Waals surface area contributed by atoms with Gasteiger partial charge in [-0.25, -0.2) is 14.8 Å². The van der Waals surface area contributed by atoms with Gasteiger partial charge in [-0.15, -0.1) is 0 Å². The van der Waals surface area contributed by atoms with E-state index in [4.69, 9.17) is 28.3 Å². The summed E-state index contributed by atoms with van der Waals surface area (Å²) in [6.07, 6.45) is 7.04. The maximum atomic E-state index is 13.8. The van der Waals surface area contributed by atoms with Crippen LogP contribution in [0.25, 0.3) is 100 Å². The number of halogens is 2. The number of nitrogens with zero attached hydrogens (tertiary/aromatic N) is 4. The number of methoxy groups -OCH3 is 2. The number of fused-ring (bicyclic) bond motifs is 5.